The lowest BCUT2D eigenvalue weighted by atomic mass is 10.0. The van der Waals surface area contributed by atoms with Crippen LogP contribution in [0.15, 0.2) is 65.4 Å². The van der Waals surface area contributed by atoms with Crippen molar-refractivity contribution in [1.29, 1.82) is 0 Å². The lowest BCUT2D eigenvalue weighted by molar-refractivity contribution is -0.136. The van der Waals surface area contributed by atoms with Gasteiger partial charge in [0, 0.05) is 11.3 Å². The molecule has 138 valence electrons. The maximum Gasteiger partial charge on any atom is 0.340 e. The van der Waals surface area contributed by atoms with Crippen molar-refractivity contribution < 1.29 is 18.7 Å². The topological polar surface area (TPSA) is 46.6 Å². The Labute approximate surface area is 157 Å². The van der Waals surface area contributed by atoms with Crippen molar-refractivity contribution in [3.05, 3.63) is 87.9 Å². The van der Waals surface area contributed by atoms with Gasteiger partial charge in [-0.3, -0.25) is 4.79 Å². The maximum atomic E-state index is 14.1. The molecule has 1 aliphatic heterocycles. The van der Waals surface area contributed by atoms with Crippen LogP contribution < -0.4 is 0 Å². The molecule has 0 aliphatic carbocycles. The van der Waals surface area contributed by atoms with Crippen LogP contribution in [-0.2, 0) is 20.9 Å². The lowest BCUT2D eigenvalue weighted by Gasteiger charge is -2.18. The van der Waals surface area contributed by atoms with Crippen LogP contribution in [0, 0.1) is 12.7 Å². The number of carbonyl (C=O) groups is 2. The lowest BCUT2D eigenvalue weighted by Crippen LogP contribution is -2.24. The summed E-state index contributed by atoms with van der Waals surface area (Å²) >= 11 is 0. The minimum atomic E-state index is -0.616. The summed E-state index contributed by atoms with van der Waals surface area (Å²) in [6.07, 6.45) is 1.41. The summed E-state index contributed by atoms with van der Waals surface area (Å²) in [5.74, 6) is -1.43. The van der Waals surface area contributed by atoms with Crippen LogP contribution in [0.25, 0.3) is 6.08 Å². The first-order chi connectivity index (χ1) is 12.9. The molecule has 0 N–H and O–H groups in total. The quantitative estimate of drug-likeness (QED) is 0.608. The molecule has 0 bridgehead atoms. The van der Waals surface area contributed by atoms with Crippen molar-refractivity contribution in [2.45, 2.75) is 20.4 Å². The Hall–Kier alpha value is -3.21. The van der Waals surface area contributed by atoms with Crippen LogP contribution in [-0.4, -0.2) is 23.9 Å². The molecule has 0 fully saturated rings. The van der Waals surface area contributed by atoms with Gasteiger partial charge in [0.1, 0.15) is 5.82 Å². The van der Waals surface area contributed by atoms with Crippen molar-refractivity contribution in [3.8, 4) is 0 Å². The van der Waals surface area contributed by atoms with Crippen LogP contribution >= 0.6 is 0 Å². The average molecular weight is 365 g/mol. The van der Waals surface area contributed by atoms with Crippen molar-refractivity contribution in [2.75, 3.05) is 7.11 Å². The van der Waals surface area contributed by atoms with E-state index in [1.165, 1.54) is 24.2 Å². The first-order valence-electron chi connectivity index (χ1n) is 8.55. The van der Waals surface area contributed by atoms with Crippen molar-refractivity contribution in [1.82, 2.24) is 4.90 Å². The first kappa shape index (κ1) is 18.6. The fraction of sp³-hybridized carbons (Fsp3) is 0.182. The van der Waals surface area contributed by atoms with E-state index in [0.29, 0.717) is 12.2 Å². The van der Waals surface area contributed by atoms with Crippen LogP contribution in [0.1, 0.15) is 23.6 Å². The van der Waals surface area contributed by atoms with Gasteiger partial charge in [-0.05, 0) is 31.6 Å². The Bertz CT molecular complexity index is 958. The monoisotopic (exact) mass is 365 g/mol. The third-order valence-corrected chi connectivity index (χ3v) is 4.57. The molecule has 0 spiro atoms. The van der Waals surface area contributed by atoms with Crippen LogP contribution in [0.2, 0.25) is 0 Å². The number of hydrogen-bond donors (Lipinski definition) is 0. The van der Waals surface area contributed by atoms with E-state index < -0.39 is 11.8 Å². The van der Waals surface area contributed by atoms with E-state index in [-0.39, 0.29) is 22.6 Å². The molecule has 0 saturated heterocycles. The van der Waals surface area contributed by atoms with Crippen LogP contribution in [0.5, 0.6) is 0 Å². The molecule has 2 aromatic rings. The predicted octanol–water partition coefficient (Wildman–Crippen LogP) is 4.01. The molecule has 0 unspecified atom stereocenters. The number of rotatable bonds is 4. The highest BCUT2D eigenvalue weighted by molar-refractivity contribution is 6.16. The van der Waals surface area contributed by atoms with Gasteiger partial charge in [-0.1, -0.05) is 48.0 Å². The molecule has 1 aliphatic rings. The number of allylic oxidation sites excluding steroid dienone is 1. The van der Waals surface area contributed by atoms with E-state index in [9.17, 15) is 14.0 Å². The summed E-state index contributed by atoms with van der Waals surface area (Å²) in [5.41, 5.74) is 3.09. The van der Waals surface area contributed by atoms with Gasteiger partial charge < -0.3 is 9.64 Å². The number of halogens is 1. The number of nitrogens with zero attached hydrogens (tertiary/aromatic N) is 1. The fourth-order valence-corrected chi connectivity index (χ4v) is 3.04. The largest absolute Gasteiger partial charge is 0.465 e. The predicted molar refractivity (Wildman–Crippen MR) is 101 cm³/mol. The molecule has 1 amide bonds. The molecular weight excluding hydrogens is 345 g/mol. The zero-order valence-corrected chi connectivity index (χ0v) is 15.5. The van der Waals surface area contributed by atoms with Gasteiger partial charge in [0.25, 0.3) is 5.91 Å². The van der Waals surface area contributed by atoms with Gasteiger partial charge in [0.2, 0.25) is 0 Å². The van der Waals surface area contributed by atoms with E-state index >= 15 is 0 Å². The highest BCUT2D eigenvalue weighted by Crippen LogP contribution is 2.33. The summed E-state index contributed by atoms with van der Waals surface area (Å²) in [6.45, 7) is 4.00. The third kappa shape index (κ3) is 3.67. The molecular formula is C22H20FNO3. The number of aryl methyl sites for hydroxylation is 1. The Morgan fingerprint density at radius 3 is 2.41 bits per heavy atom. The summed E-state index contributed by atoms with van der Waals surface area (Å²) in [5, 5.41) is 0. The van der Waals surface area contributed by atoms with Crippen LogP contribution in [0.4, 0.5) is 4.39 Å². The number of carbonyl (C=O) groups excluding carboxylic acids is 2. The number of amides is 1. The molecule has 3 rings (SSSR count). The van der Waals surface area contributed by atoms with E-state index in [0.717, 1.165) is 11.1 Å². The first-order valence-corrected chi connectivity index (χ1v) is 8.55. The Balaban J connectivity index is 2.04. The van der Waals surface area contributed by atoms with E-state index in [1.54, 1.807) is 25.1 Å². The molecule has 0 saturated carbocycles. The summed E-state index contributed by atoms with van der Waals surface area (Å²) in [4.78, 5) is 26.8. The summed E-state index contributed by atoms with van der Waals surface area (Å²) in [6, 6.07) is 13.9. The smallest absolute Gasteiger partial charge is 0.340 e. The number of methoxy groups -OCH3 is 1. The molecule has 0 radical (unpaired) electrons. The van der Waals surface area contributed by atoms with Gasteiger partial charge in [-0.25, -0.2) is 9.18 Å². The number of esters is 1. The van der Waals surface area contributed by atoms with E-state index in [4.69, 9.17) is 4.74 Å². The zero-order valence-electron chi connectivity index (χ0n) is 15.5. The van der Waals surface area contributed by atoms with Gasteiger partial charge in [-0.15, -0.1) is 0 Å². The molecule has 5 heteroatoms. The van der Waals surface area contributed by atoms with Crippen molar-refractivity contribution >= 4 is 18.0 Å². The molecule has 0 atom stereocenters. The molecule has 1 heterocycles. The number of benzene rings is 2. The minimum Gasteiger partial charge on any atom is -0.465 e. The Kier molecular flexibility index (Phi) is 5.21. The van der Waals surface area contributed by atoms with Gasteiger partial charge >= 0.3 is 5.97 Å². The number of hydrogen-bond acceptors (Lipinski definition) is 3. The summed E-state index contributed by atoms with van der Waals surface area (Å²) in [7, 11) is 1.26. The minimum absolute atomic E-state index is 0.136. The second-order valence-corrected chi connectivity index (χ2v) is 6.41. The average Bonchev–Trinajstić information content (AvgIpc) is 2.89. The van der Waals surface area contributed by atoms with Crippen molar-refractivity contribution in [2.24, 2.45) is 0 Å². The second-order valence-electron chi connectivity index (χ2n) is 6.41. The highest BCUT2D eigenvalue weighted by atomic mass is 19.1. The normalized spacial score (nSPS) is 15.6. The molecule has 2 aromatic carbocycles. The second kappa shape index (κ2) is 7.58. The van der Waals surface area contributed by atoms with E-state index in [1.807, 2.05) is 31.2 Å². The molecule has 27 heavy (non-hydrogen) atoms. The molecule has 0 aromatic heterocycles. The molecule has 4 nitrogen and oxygen atoms in total. The maximum absolute atomic E-state index is 14.1. The summed E-state index contributed by atoms with van der Waals surface area (Å²) < 4.78 is 18.9. The number of ether oxygens (including phenoxy) is 1. The third-order valence-electron chi connectivity index (χ3n) is 4.57. The standard InChI is InChI=1S/C22H20FNO3/c1-14-8-10-16(11-9-14)13-24-15(2)20(22(26)27-3)18(21(24)25)12-17-6-4-5-7-19(17)23/h4-12H,13H2,1-3H3/b18-12-. The van der Waals surface area contributed by atoms with Crippen molar-refractivity contribution in [3.63, 3.8) is 0 Å². The fourth-order valence-electron chi connectivity index (χ4n) is 3.04. The van der Waals surface area contributed by atoms with Crippen LogP contribution in [0.3, 0.4) is 0 Å². The Morgan fingerprint density at radius 2 is 1.78 bits per heavy atom. The SMILES string of the molecule is COC(=O)C1=C(C)N(Cc2ccc(C)cc2)C(=O)/C1=C\c1ccccc1F. The van der Waals surface area contributed by atoms with Gasteiger partial charge in [0.15, 0.2) is 0 Å². The van der Waals surface area contributed by atoms with E-state index in [2.05, 4.69) is 0 Å². The highest BCUT2D eigenvalue weighted by Gasteiger charge is 2.37. The Morgan fingerprint density at radius 1 is 1.11 bits per heavy atom. The zero-order chi connectivity index (χ0) is 19.6. The van der Waals surface area contributed by atoms with Gasteiger partial charge in [-0.2, -0.15) is 0 Å². The van der Waals surface area contributed by atoms with Gasteiger partial charge in [0.05, 0.1) is 24.8 Å².